The van der Waals surface area contributed by atoms with E-state index in [9.17, 15) is 13.9 Å². The summed E-state index contributed by atoms with van der Waals surface area (Å²) >= 11 is 0. The smallest absolute Gasteiger partial charge is 0.146 e. The highest BCUT2D eigenvalue weighted by Crippen LogP contribution is 2.18. The molecule has 0 saturated heterocycles. The maximum absolute atomic E-state index is 13.6. The SMILES string of the molecule is Cc1cc(F)c(NCC(O)COCCCC(C)C)cc1F. The fraction of sp³-hybridized carbons (Fsp3) is 0.625. The van der Waals surface area contributed by atoms with Crippen LogP contribution in [0.2, 0.25) is 0 Å². The fourth-order valence-electron chi connectivity index (χ4n) is 1.88. The van der Waals surface area contributed by atoms with E-state index in [1.54, 1.807) is 0 Å². The Balaban J connectivity index is 2.27. The third kappa shape index (κ3) is 6.87. The minimum absolute atomic E-state index is 0.0527. The molecule has 0 aliphatic heterocycles. The highest BCUT2D eigenvalue weighted by Gasteiger charge is 2.09. The minimum atomic E-state index is -0.757. The van der Waals surface area contributed by atoms with Gasteiger partial charge < -0.3 is 15.2 Å². The second kappa shape index (κ2) is 8.95. The lowest BCUT2D eigenvalue weighted by Gasteiger charge is -2.14. The van der Waals surface area contributed by atoms with E-state index in [4.69, 9.17) is 4.74 Å². The van der Waals surface area contributed by atoms with Crippen LogP contribution in [0.1, 0.15) is 32.3 Å². The molecule has 0 heterocycles. The molecule has 2 N–H and O–H groups in total. The second-order valence-electron chi connectivity index (χ2n) is 5.73. The van der Waals surface area contributed by atoms with Gasteiger partial charge in [-0.25, -0.2) is 8.78 Å². The van der Waals surface area contributed by atoms with Crippen molar-refractivity contribution in [3.05, 3.63) is 29.3 Å². The third-order valence-corrected chi connectivity index (χ3v) is 3.16. The van der Waals surface area contributed by atoms with Crippen LogP contribution in [-0.2, 0) is 4.74 Å². The average molecular weight is 301 g/mol. The Hall–Kier alpha value is -1.20. The predicted molar refractivity (Wildman–Crippen MR) is 80.5 cm³/mol. The summed E-state index contributed by atoms with van der Waals surface area (Å²) in [6, 6.07) is 2.23. The molecule has 0 radical (unpaired) electrons. The van der Waals surface area contributed by atoms with Gasteiger partial charge in [0.05, 0.1) is 18.4 Å². The zero-order valence-electron chi connectivity index (χ0n) is 13.0. The van der Waals surface area contributed by atoms with Gasteiger partial charge in [-0.15, -0.1) is 0 Å². The minimum Gasteiger partial charge on any atom is -0.389 e. The molecule has 5 heteroatoms. The van der Waals surface area contributed by atoms with E-state index in [1.165, 1.54) is 6.92 Å². The molecule has 1 aromatic carbocycles. The Labute approximate surface area is 125 Å². The summed E-state index contributed by atoms with van der Waals surface area (Å²) in [5.41, 5.74) is 0.309. The molecule has 1 aromatic rings. The lowest BCUT2D eigenvalue weighted by molar-refractivity contribution is 0.0409. The van der Waals surface area contributed by atoms with E-state index < -0.39 is 17.7 Å². The largest absolute Gasteiger partial charge is 0.389 e. The van der Waals surface area contributed by atoms with Crippen LogP contribution in [0.5, 0.6) is 0 Å². The van der Waals surface area contributed by atoms with Gasteiger partial charge in [-0.05, 0) is 37.3 Å². The first-order chi connectivity index (χ1) is 9.90. The molecule has 0 aliphatic carbocycles. The van der Waals surface area contributed by atoms with Crippen molar-refractivity contribution in [2.75, 3.05) is 25.1 Å². The normalized spacial score (nSPS) is 12.7. The van der Waals surface area contributed by atoms with E-state index in [0.29, 0.717) is 12.5 Å². The molecular weight excluding hydrogens is 276 g/mol. The van der Waals surface area contributed by atoms with Gasteiger partial charge >= 0.3 is 0 Å². The van der Waals surface area contributed by atoms with Gasteiger partial charge in [0.15, 0.2) is 0 Å². The zero-order valence-corrected chi connectivity index (χ0v) is 13.0. The highest BCUT2D eigenvalue weighted by atomic mass is 19.1. The molecule has 0 saturated carbocycles. The van der Waals surface area contributed by atoms with Crippen molar-refractivity contribution in [2.24, 2.45) is 5.92 Å². The van der Waals surface area contributed by atoms with E-state index in [1.807, 2.05) is 0 Å². The van der Waals surface area contributed by atoms with Gasteiger partial charge in [-0.2, -0.15) is 0 Å². The number of halogens is 2. The number of anilines is 1. The maximum atomic E-state index is 13.6. The molecule has 0 amide bonds. The fourth-order valence-corrected chi connectivity index (χ4v) is 1.88. The Morgan fingerprint density at radius 2 is 1.95 bits per heavy atom. The summed E-state index contributed by atoms with van der Waals surface area (Å²) in [6.07, 6.45) is 1.28. The van der Waals surface area contributed by atoms with E-state index in [2.05, 4.69) is 19.2 Å². The lowest BCUT2D eigenvalue weighted by atomic mass is 10.1. The quantitative estimate of drug-likeness (QED) is 0.686. The molecule has 3 nitrogen and oxygen atoms in total. The number of aryl methyl sites for hydroxylation is 1. The number of ether oxygens (including phenoxy) is 1. The maximum Gasteiger partial charge on any atom is 0.146 e. The number of nitrogens with one attached hydrogen (secondary N) is 1. The van der Waals surface area contributed by atoms with Gasteiger partial charge in [0.1, 0.15) is 11.6 Å². The summed E-state index contributed by atoms with van der Waals surface area (Å²) in [4.78, 5) is 0. The predicted octanol–water partition coefficient (Wildman–Crippen LogP) is 3.50. The Kier molecular flexibility index (Phi) is 7.61. The standard InChI is InChI=1S/C16H25F2NO2/c1-11(2)5-4-6-21-10-13(20)9-19-16-8-14(17)12(3)7-15(16)18/h7-8,11,13,19-20H,4-6,9-10H2,1-3H3. The molecule has 0 aliphatic rings. The van der Waals surface area contributed by atoms with Crippen LogP contribution in [0, 0.1) is 24.5 Å². The van der Waals surface area contributed by atoms with Crippen LogP contribution in [-0.4, -0.2) is 31.0 Å². The van der Waals surface area contributed by atoms with E-state index in [0.717, 1.165) is 25.0 Å². The van der Waals surface area contributed by atoms with Crippen LogP contribution >= 0.6 is 0 Å². The third-order valence-electron chi connectivity index (χ3n) is 3.16. The molecule has 1 rings (SSSR count). The van der Waals surface area contributed by atoms with Crippen molar-refractivity contribution in [3.8, 4) is 0 Å². The van der Waals surface area contributed by atoms with Gasteiger partial charge in [0, 0.05) is 19.2 Å². The van der Waals surface area contributed by atoms with Crippen LogP contribution < -0.4 is 5.32 Å². The number of benzene rings is 1. The topological polar surface area (TPSA) is 41.5 Å². The molecule has 0 bridgehead atoms. The van der Waals surface area contributed by atoms with Crippen molar-refractivity contribution in [1.82, 2.24) is 0 Å². The summed E-state index contributed by atoms with van der Waals surface area (Å²) in [5, 5.41) is 12.4. The van der Waals surface area contributed by atoms with Crippen LogP contribution in [0.4, 0.5) is 14.5 Å². The first-order valence-electron chi connectivity index (χ1n) is 7.35. The molecule has 120 valence electrons. The molecule has 1 unspecified atom stereocenters. The van der Waals surface area contributed by atoms with E-state index >= 15 is 0 Å². The molecular formula is C16H25F2NO2. The summed E-state index contributed by atoms with van der Waals surface area (Å²) < 4.78 is 32.3. The van der Waals surface area contributed by atoms with Gasteiger partial charge in [-0.3, -0.25) is 0 Å². The van der Waals surface area contributed by atoms with Crippen LogP contribution in [0.15, 0.2) is 12.1 Å². The molecule has 0 fully saturated rings. The highest BCUT2D eigenvalue weighted by molar-refractivity contribution is 5.46. The lowest BCUT2D eigenvalue weighted by Crippen LogP contribution is -2.25. The summed E-state index contributed by atoms with van der Waals surface area (Å²) in [7, 11) is 0. The van der Waals surface area contributed by atoms with Gasteiger partial charge in [-0.1, -0.05) is 13.8 Å². The van der Waals surface area contributed by atoms with Crippen LogP contribution in [0.25, 0.3) is 0 Å². The summed E-state index contributed by atoms with van der Waals surface area (Å²) in [5.74, 6) is -0.364. The number of aliphatic hydroxyl groups excluding tert-OH is 1. The van der Waals surface area contributed by atoms with Crippen molar-refractivity contribution < 1.29 is 18.6 Å². The number of aliphatic hydroxyl groups is 1. The van der Waals surface area contributed by atoms with Crippen molar-refractivity contribution in [3.63, 3.8) is 0 Å². The molecule has 0 spiro atoms. The van der Waals surface area contributed by atoms with Crippen LogP contribution in [0.3, 0.4) is 0 Å². The number of rotatable bonds is 9. The van der Waals surface area contributed by atoms with E-state index in [-0.39, 0.29) is 24.4 Å². The first-order valence-corrected chi connectivity index (χ1v) is 7.35. The van der Waals surface area contributed by atoms with Gasteiger partial charge in [0.2, 0.25) is 0 Å². The Morgan fingerprint density at radius 3 is 2.62 bits per heavy atom. The average Bonchev–Trinajstić information content (AvgIpc) is 2.40. The Morgan fingerprint density at radius 1 is 1.24 bits per heavy atom. The van der Waals surface area contributed by atoms with Gasteiger partial charge in [0.25, 0.3) is 0 Å². The zero-order chi connectivity index (χ0) is 15.8. The number of hydrogen-bond acceptors (Lipinski definition) is 3. The van der Waals surface area contributed by atoms with Crippen molar-refractivity contribution in [2.45, 2.75) is 39.7 Å². The van der Waals surface area contributed by atoms with Crippen molar-refractivity contribution >= 4 is 5.69 Å². The summed E-state index contributed by atoms with van der Waals surface area (Å²) in [6.45, 7) is 6.69. The molecule has 0 aromatic heterocycles. The molecule has 1 atom stereocenters. The first kappa shape index (κ1) is 17.9. The molecule has 21 heavy (non-hydrogen) atoms. The Bertz CT molecular complexity index is 439. The number of hydrogen-bond donors (Lipinski definition) is 2. The monoisotopic (exact) mass is 301 g/mol. The second-order valence-corrected chi connectivity index (χ2v) is 5.73. The van der Waals surface area contributed by atoms with Crippen molar-refractivity contribution in [1.29, 1.82) is 0 Å².